The summed E-state index contributed by atoms with van der Waals surface area (Å²) in [4.78, 5) is 18.5. The number of piperidine rings is 1. The van der Waals surface area contributed by atoms with E-state index in [2.05, 4.69) is 23.2 Å². The van der Waals surface area contributed by atoms with Crippen LogP contribution in [0.15, 0.2) is 47.5 Å². The summed E-state index contributed by atoms with van der Waals surface area (Å²) in [5, 5.41) is 1.21. The molecule has 1 aliphatic heterocycles. The molecule has 1 aromatic carbocycles. The van der Waals surface area contributed by atoms with Crippen LogP contribution < -0.4 is 0 Å². The predicted molar refractivity (Wildman–Crippen MR) is 112 cm³/mol. The minimum Gasteiger partial charge on any atom is -0.358 e. The van der Waals surface area contributed by atoms with Crippen LogP contribution in [0.1, 0.15) is 34.9 Å². The normalized spacial score (nSPS) is 16.1. The second kappa shape index (κ2) is 7.35. The van der Waals surface area contributed by atoms with Crippen LogP contribution >= 0.6 is 0 Å². The lowest BCUT2D eigenvalue weighted by molar-refractivity contribution is 0.0702. The summed E-state index contributed by atoms with van der Waals surface area (Å²) in [6.45, 7) is 1.31. The van der Waals surface area contributed by atoms with Gasteiger partial charge in [-0.05, 0) is 36.4 Å². The van der Waals surface area contributed by atoms with Crippen LogP contribution in [0.2, 0.25) is 0 Å². The summed E-state index contributed by atoms with van der Waals surface area (Å²) >= 11 is 0. The number of fused-ring (bicyclic) bond motifs is 1. The fourth-order valence-corrected chi connectivity index (χ4v) is 4.94. The van der Waals surface area contributed by atoms with E-state index in [1.165, 1.54) is 37.4 Å². The van der Waals surface area contributed by atoms with E-state index < -0.39 is 10.0 Å². The van der Waals surface area contributed by atoms with Crippen molar-refractivity contribution in [3.05, 3.63) is 54.0 Å². The number of carbonyl (C=O) groups excluding carboxylic acids is 1. The van der Waals surface area contributed by atoms with Gasteiger partial charge in [0, 0.05) is 57.6 Å². The molecule has 0 unspecified atom stereocenters. The summed E-state index contributed by atoms with van der Waals surface area (Å²) < 4.78 is 27.5. The first-order valence-electron chi connectivity index (χ1n) is 9.73. The van der Waals surface area contributed by atoms with Gasteiger partial charge in [0.1, 0.15) is 10.6 Å². The van der Waals surface area contributed by atoms with Gasteiger partial charge in [-0.1, -0.05) is 18.2 Å². The van der Waals surface area contributed by atoms with Gasteiger partial charge in [-0.2, -0.15) is 0 Å². The van der Waals surface area contributed by atoms with Crippen LogP contribution in [0.3, 0.4) is 0 Å². The van der Waals surface area contributed by atoms with Crippen LogP contribution in [0.4, 0.5) is 0 Å². The number of rotatable bonds is 4. The molecule has 1 saturated heterocycles. The van der Waals surface area contributed by atoms with Crippen LogP contribution in [0.25, 0.3) is 10.9 Å². The number of likely N-dealkylation sites (tertiary alicyclic amines) is 1. The molecular weight excluding hydrogens is 388 g/mol. The number of aryl methyl sites for hydroxylation is 1. The number of hydrogen-bond acceptors (Lipinski definition) is 3. The molecule has 0 saturated carbocycles. The first-order valence-corrected chi connectivity index (χ1v) is 11.2. The van der Waals surface area contributed by atoms with E-state index >= 15 is 0 Å². The Balaban J connectivity index is 1.47. The van der Waals surface area contributed by atoms with Crippen LogP contribution in [0, 0.1) is 0 Å². The van der Waals surface area contributed by atoms with Gasteiger partial charge in [-0.25, -0.2) is 12.7 Å². The number of benzene rings is 1. The van der Waals surface area contributed by atoms with Crippen molar-refractivity contribution in [2.75, 3.05) is 27.2 Å². The molecule has 154 valence electrons. The lowest BCUT2D eigenvalue weighted by Crippen LogP contribution is -2.38. The van der Waals surface area contributed by atoms with Crippen molar-refractivity contribution in [1.29, 1.82) is 0 Å². The van der Waals surface area contributed by atoms with E-state index in [1.54, 1.807) is 11.6 Å². The average Bonchev–Trinajstić information content (AvgIpc) is 3.31. The summed E-state index contributed by atoms with van der Waals surface area (Å²) in [5.74, 6) is 0.271. The van der Waals surface area contributed by atoms with Crippen LogP contribution in [-0.4, -0.2) is 60.3 Å². The smallest absolute Gasteiger partial charge is 0.270 e. The molecule has 3 aromatic rings. The third-order valence-corrected chi connectivity index (χ3v) is 7.53. The molecule has 0 spiro atoms. The summed E-state index contributed by atoms with van der Waals surface area (Å²) in [5.41, 5.74) is 2.76. The number of aromatic amines is 1. The molecule has 8 heteroatoms. The van der Waals surface area contributed by atoms with Gasteiger partial charge in [0.25, 0.3) is 5.91 Å². The third-order valence-electron chi connectivity index (χ3n) is 5.75. The number of carbonyl (C=O) groups is 1. The molecule has 0 atom stereocenters. The lowest BCUT2D eigenvalue weighted by Gasteiger charge is -2.31. The second-order valence-corrected chi connectivity index (χ2v) is 9.99. The number of hydrogen-bond donors (Lipinski definition) is 1. The lowest BCUT2D eigenvalue weighted by atomic mass is 9.93. The van der Waals surface area contributed by atoms with Crippen molar-refractivity contribution in [3.63, 3.8) is 0 Å². The molecule has 29 heavy (non-hydrogen) atoms. The van der Waals surface area contributed by atoms with Crippen molar-refractivity contribution < 1.29 is 13.2 Å². The molecule has 0 bridgehead atoms. The van der Waals surface area contributed by atoms with Crippen LogP contribution in [-0.2, 0) is 17.1 Å². The maximum absolute atomic E-state index is 13.0. The number of sulfonamides is 1. The zero-order valence-electron chi connectivity index (χ0n) is 16.9. The molecule has 1 aliphatic rings. The zero-order valence-corrected chi connectivity index (χ0v) is 17.7. The minimum absolute atomic E-state index is 0.122. The molecule has 0 aliphatic carbocycles. The SMILES string of the molecule is CN(C)S(=O)(=O)c1cc(C(=O)N2CCC(c3cc4ccccc4[nH]3)CC2)n(C)c1. The van der Waals surface area contributed by atoms with Crippen LogP contribution in [0.5, 0.6) is 0 Å². The highest BCUT2D eigenvalue weighted by atomic mass is 32.2. The fourth-order valence-electron chi connectivity index (χ4n) is 3.97. The van der Waals surface area contributed by atoms with Crippen molar-refractivity contribution in [3.8, 4) is 0 Å². The highest BCUT2D eigenvalue weighted by molar-refractivity contribution is 7.89. The van der Waals surface area contributed by atoms with Crippen molar-refractivity contribution in [2.45, 2.75) is 23.7 Å². The van der Waals surface area contributed by atoms with Gasteiger partial charge in [0.15, 0.2) is 0 Å². The van der Waals surface area contributed by atoms with E-state index in [0.29, 0.717) is 24.7 Å². The van der Waals surface area contributed by atoms with E-state index in [9.17, 15) is 13.2 Å². The van der Waals surface area contributed by atoms with E-state index in [0.717, 1.165) is 22.7 Å². The molecule has 1 amide bonds. The highest BCUT2D eigenvalue weighted by Crippen LogP contribution is 2.30. The number of aromatic nitrogens is 2. The minimum atomic E-state index is -3.56. The van der Waals surface area contributed by atoms with E-state index in [4.69, 9.17) is 0 Å². The quantitative estimate of drug-likeness (QED) is 0.713. The predicted octanol–water partition coefficient (Wildman–Crippen LogP) is 2.78. The van der Waals surface area contributed by atoms with Gasteiger partial charge < -0.3 is 14.5 Å². The Kier molecular flexibility index (Phi) is 5.00. The fraction of sp³-hybridized carbons (Fsp3) is 0.381. The third kappa shape index (κ3) is 3.58. The highest BCUT2D eigenvalue weighted by Gasteiger charge is 2.28. The van der Waals surface area contributed by atoms with Gasteiger partial charge >= 0.3 is 0 Å². The Labute approximate surface area is 171 Å². The summed E-state index contributed by atoms with van der Waals surface area (Å²) in [6, 6.07) is 11.9. The number of amides is 1. The molecule has 3 heterocycles. The number of nitrogens with zero attached hydrogens (tertiary/aromatic N) is 3. The topological polar surface area (TPSA) is 78.4 Å². The largest absolute Gasteiger partial charge is 0.358 e. The van der Waals surface area contributed by atoms with E-state index in [-0.39, 0.29) is 10.8 Å². The molecular formula is C21H26N4O3S. The molecule has 0 radical (unpaired) electrons. The Morgan fingerprint density at radius 1 is 1.14 bits per heavy atom. The van der Waals surface area contributed by atoms with E-state index in [1.807, 2.05) is 17.0 Å². The Morgan fingerprint density at radius 3 is 2.48 bits per heavy atom. The van der Waals surface area contributed by atoms with Crippen molar-refractivity contribution in [2.24, 2.45) is 7.05 Å². The first kappa shape index (κ1) is 19.7. The number of nitrogens with one attached hydrogen (secondary N) is 1. The molecule has 4 rings (SSSR count). The maximum Gasteiger partial charge on any atom is 0.270 e. The monoisotopic (exact) mass is 414 g/mol. The van der Waals surface area contributed by atoms with Gasteiger partial charge in [-0.3, -0.25) is 4.79 Å². The summed E-state index contributed by atoms with van der Waals surface area (Å²) in [6.07, 6.45) is 3.26. The van der Waals surface area contributed by atoms with Crippen molar-refractivity contribution >= 4 is 26.8 Å². The molecule has 2 aromatic heterocycles. The molecule has 1 fully saturated rings. The first-order chi connectivity index (χ1) is 13.8. The number of para-hydroxylation sites is 1. The zero-order chi connectivity index (χ0) is 20.8. The standard InChI is InChI=1S/C21H26N4O3S/c1-23(2)29(27,28)17-13-20(24(3)14-17)21(26)25-10-8-15(9-11-25)19-12-16-6-4-5-7-18(16)22-19/h4-7,12-15,22H,8-11H2,1-3H3. The second-order valence-electron chi connectivity index (χ2n) is 7.84. The molecule has 7 nitrogen and oxygen atoms in total. The summed E-state index contributed by atoms with van der Waals surface area (Å²) in [7, 11) is 1.11. The Hall–Kier alpha value is -2.58. The average molecular weight is 415 g/mol. The maximum atomic E-state index is 13.0. The van der Waals surface area contributed by atoms with Gasteiger partial charge in [0.05, 0.1) is 0 Å². The van der Waals surface area contributed by atoms with Gasteiger partial charge in [-0.15, -0.1) is 0 Å². The Bertz CT molecular complexity index is 1120. The Morgan fingerprint density at radius 2 is 1.83 bits per heavy atom. The number of H-pyrrole nitrogens is 1. The van der Waals surface area contributed by atoms with Crippen molar-refractivity contribution in [1.82, 2.24) is 18.8 Å². The van der Waals surface area contributed by atoms with Gasteiger partial charge in [0.2, 0.25) is 10.0 Å². The molecule has 1 N–H and O–H groups in total.